The van der Waals surface area contributed by atoms with Crippen LogP contribution in [0, 0.1) is 0 Å². The van der Waals surface area contributed by atoms with Gasteiger partial charge in [0, 0.05) is 58.2 Å². The molecule has 0 radical (unpaired) electrons. The van der Waals surface area contributed by atoms with Crippen molar-refractivity contribution in [3.05, 3.63) is 0 Å². The summed E-state index contributed by atoms with van der Waals surface area (Å²) in [7, 11) is -1.47. The number of hydrogen-bond acceptors (Lipinski definition) is 5. The van der Waals surface area contributed by atoms with Gasteiger partial charge in [-0.2, -0.15) is 0 Å². The Hall–Kier alpha value is -0.860. The Balaban J connectivity index is 2.50. The van der Waals surface area contributed by atoms with E-state index in [9.17, 15) is 8.42 Å². The van der Waals surface area contributed by atoms with E-state index >= 15 is 0 Å². The minimum absolute atomic E-state index is 0.360. The van der Waals surface area contributed by atoms with Gasteiger partial charge in [-0.1, -0.05) is 0 Å². The lowest BCUT2D eigenvalue weighted by molar-refractivity contribution is 0.0756. The molecule has 8 heteroatoms. The van der Waals surface area contributed by atoms with Crippen molar-refractivity contribution in [2.24, 2.45) is 4.99 Å². The lowest BCUT2D eigenvalue weighted by Gasteiger charge is -2.35. The molecule has 26 heavy (non-hydrogen) atoms. The van der Waals surface area contributed by atoms with Crippen molar-refractivity contribution >= 4 is 15.8 Å². The largest absolute Gasteiger partial charge is 0.381 e. The van der Waals surface area contributed by atoms with E-state index < -0.39 is 14.6 Å². The molecule has 1 aliphatic rings. The van der Waals surface area contributed by atoms with E-state index in [0.717, 1.165) is 19.5 Å². The van der Waals surface area contributed by atoms with Crippen molar-refractivity contribution in [3.63, 3.8) is 0 Å². The monoisotopic (exact) mass is 390 g/mol. The summed E-state index contributed by atoms with van der Waals surface area (Å²) in [5, 5.41) is 6.51. The van der Waals surface area contributed by atoms with E-state index in [-0.39, 0.29) is 0 Å². The second-order valence-electron chi connectivity index (χ2n) is 7.70. The van der Waals surface area contributed by atoms with Gasteiger partial charge in [0.25, 0.3) is 0 Å². The molecule has 1 aliphatic heterocycles. The maximum atomic E-state index is 12.3. The maximum absolute atomic E-state index is 12.3. The second-order valence-corrected chi connectivity index (χ2v) is 10.1. The Morgan fingerprint density at radius 3 is 2.19 bits per heavy atom. The van der Waals surface area contributed by atoms with Crippen LogP contribution in [-0.4, -0.2) is 82.3 Å². The van der Waals surface area contributed by atoms with Gasteiger partial charge < -0.3 is 15.4 Å². The summed E-state index contributed by atoms with van der Waals surface area (Å²) in [5.41, 5.74) is 0. The Morgan fingerprint density at radius 2 is 1.73 bits per heavy atom. The highest BCUT2D eigenvalue weighted by molar-refractivity contribution is 7.92. The van der Waals surface area contributed by atoms with Crippen molar-refractivity contribution in [1.29, 1.82) is 0 Å². The quantitative estimate of drug-likeness (QED) is 0.350. The molecule has 7 nitrogen and oxygen atoms in total. The topological polar surface area (TPSA) is 83.0 Å². The molecule has 1 rings (SSSR count). The van der Waals surface area contributed by atoms with E-state index in [2.05, 4.69) is 48.2 Å². The lowest BCUT2D eigenvalue weighted by atomic mass is 9.99. The van der Waals surface area contributed by atoms with Gasteiger partial charge in [-0.25, -0.2) is 8.42 Å². The molecule has 0 bridgehead atoms. The molecule has 0 aromatic heterocycles. The molecular formula is C18H38N4O3S. The Bertz CT molecular complexity index is 533. The van der Waals surface area contributed by atoms with Crippen molar-refractivity contribution in [2.45, 2.75) is 63.8 Å². The number of sulfone groups is 1. The molecule has 0 saturated carbocycles. The van der Waals surface area contributed by atoms with Crippen LogP contribution in [0.5, 0.6) is 0 Å². The number of hydrogen-bond donors (Lipinski definition) is 2. The molecule has 0 amide bonds. The average Bonchev–Trinajstić information content (AvgIpc) is 2.56. The summed E-state index contributed by atoms with van der Waals surface area (Å²) in [4.78, 5) is 6.68. The molecule has 1 saturated heterocycles. The van der Waals surface area contributed by atoms with Crippen LogP contribution in [0.4, 0.5) is 0 Å². The van der Waals surface area contributed by atoms with Crippen molar-refractivity contribution < 1.29 is 13.2 Å². The molecule has 0 aromatic carbocycles. The highest BCUT2D eigenvalue weighted by Gasteiger charge is 2.42. The molecule has 0 atom stereocenters. The molecule has 0 aliphatic carbocycles. The normalized spacial score (nSPS) is 18.6. The summed E-state index contributed by atoms with van der Waals surface area (Å²) >= 11 is 0. The third-order valence-electron chi connectivity index (χ3n) is 5.20. The molecule has 2 N–H and O–H groups in total. The zero-order valence-electron chi connectivity index (χ0n) is 17.3. The first-order chi connectivity index (χ1) is 12.1. The van der Waals surface area contributed by atoms with E-state index in [1.54, 1.807) is 7.05 Å². The first kappa shape index (κ1) is 23.2. The summed E-state index contributed by atoms with van der Waals surface area (Å²) in [6.07, 6.45) is 3.37. The number of aliphatic imine (C=N–C) groups is 1. The van der Waals surface area contributed by atoms with E-state index in [4.69, 9.17) is 4.74 Å². The Kier molecular flexibility index (Phi) is 9.33. The van der Waals surface area contributed by atoms with Gasteiger partial charge in [0.2, 0.25) is 0 Å². The Morgan fingerprint density at radius 1 is 1.15 bits per heavy atom. The smallest absolute Gasteiger partial charge is 0.191 e. The van der Waals surface area contributed by atoms with Crippen molar-refractivity contribution in [1.82, 2.24) is 15.5 Å². The number of guanidine groups is 1. The van der Waals surface area contributed by atoms with Gasteiger partial charge in [0.1, 0.15) is 0 Å². The summed E-state index contributed by atoms with van der Waals surface area (Å²) < 4.78 is 29.2. The minimum atomic E-state index is -3.18. The van der Waals surface area contributed by atoms with Gasteiger partial charge >= 0.3 is 0 Å². The standard InChI is InChI=1S/C18H38N4O3S/c1-15(2)22(16(3)4)11-7-10-20-17(19-5)21-14-18(26(6,23)24)8-12-25-13-9-18/h15-16H,7-14H2,1-6H3,(H2,19,20,21). The van der Waals surface area contributed by atoms with Crippen LogP contribution in [-0.2, 0) is 14.6 Å². The molecule has 0 unspecified atom stereocenters. The second kappa shape index (κ2) is 10.5. The van der Waals surface area contributed by atoms with Crippen LogP contribution in [0.1, 0.15) is 47.0 Å². The fourth-order valence-electron chi connectivity index (χ4n) is 3.47. The molecule has 0 aromatic rings. The fraction of sp³-hybridized carbons (Fsp3) is 0.944. The number of nitrogens with zero attached hydrogens (tertiary/aromatic N) is 2. The van der Waals surface area contributed by atoms with Crippen LogP contribution in [0.3, 0.4) is 0 Å². The van der Waals surface area contributed by atoms with Gasteiger partial charge in [-0.15, -0.1) is 0 Å². The summed E-state index contributed by atoms with van der Waals surface area (Å²) in [6.45, 7) is 12.0. The fourth-order valence-corrected chi connectivity index (χ4v) is 4.71. The third kappa shape index (κ3) is 6.70. The van der Waals surface area contributed by atoms with Crippen molar-refractivity contribution in [3.8, 4) is 0 Å². The molecule has 1 fully saturated rings. The number of rotatable bonds is 9. The van der Waals surface area contributed by atoms with Crippen LogP contribution >= 0.6 is 0 Å². The minimum Gasteiger partial charge on any atom is -0.381 e. The van der Waals surface area contributed by atoms with E-state index in [0.29, 0.717) is 50.6 Å². The Labute approximate surface area is 159 Å². The number of ether oxygens (including phenoxy) is 1. The molecular weight excluding hydrogens is 352 g/mol. The lowest BCUT2D eigenvalue weighted by Crippen LogP contribution is -2.53. The predicted octanol–water partition coefficient (Wildman–Crippen LogP) is 1.25. The molecule has 154 valence electrons. The van der Waals surface area contributed by atoms with E-state index in [1.807, 2.05) is 0 Å². The van der Waals surface area contributed by atoms with Crippen LogP contribution in [0.25, 0.3) is 0 Å². The zero-order chi connectivity index (χ0) is 19.8. The molecule has 0 spiro atoms. The highest BCUT2D eigenvalue weighted by atomic mass is 32.2. The van der Waals surface area contributed by atoms with Crippen LogP contribution in [0.2, 0.25) is 0 Å². The maximum Gasteiger partial charge on any atom is 0.191 e. The van der Waals surface area contributed by atoms with Crippen LogP contribution in [0.15, 0.2) is 4.99 Å². The zero-order valence-corrected chi connectivity index (χ0v) is 18.2. The third-order valence-corrected chi connectivity index (χ3v) is 7.33. The van der Waals surface area contributed by atoms with Crippen molar-refractivity contribution in [2.75, 3.05) is 46.2 Å². The highest BCUT2D eigenvalue weighted by Crippen LogP contribution is 2.28. The summed E-state index contributed by atoms with van der Waals surface area (Å²) in [6, 6.07) is 1.05. The van der Waals surface area contributed by atoms with Gasteiger partial charge in [0.05, 0.1) is 4.75 Å². The van der Waals surface area contributed by atoms with Gasteiger partial charge in [-0.3, -0.25) is 9.89 Å². The average molecular weight is 391 g/mol. The van der Waals surface area contributed by atoms with Gasteiger partial charge in [-0.05, 0) is 47.0 Å². The van der Waals surface area contributed by atoms with E-state index in [1.165, 1.54) is 6.26 Å². The predicted molar refractivity (Wildman–Crippen MR) is 109 cm³/mol. The first-order valence-corrected chi connectivity index (χ1v) is 11.5. The van der Waals surface area contributed by atoms with Crippen LogP contribution < -0.4 is 10.6 Å². The van der Waals surface area contributed by atoms with Gasteiger partial charge in [0.15, 0.2) is 15.8 Å². The summed E-state index contributed by atoms with van der Waals surface area (Å²) in [5.74, 6) is 0.653. The number of nitrogens with one attached hydrogen (secondary N) is 2. The first-order valence-electron chi connectivity index (χ1n) is 9.60. The molecule has 1 heterocycles. The SMILES string of the molecule is CN=C(NCCCN(C(C)C)C(C)C)NCC1(S(C)(=O)=O)CCOCC1.